The second-order valence-electron chi connectivity index (χ2n) is 32.7. The number of aromatic hydroxyl groups is 2. The third-order valence-corrected chi connectivity index (χ3v) is 23.3. The summed E-state index contributed by atoms with van der Waals surface area (Å²) in [6, 6.07) is 27.1. The molecule has 7 aromatic rings. The number of carbonyl (C=O) groups is 16. The Morgan fingerprint density at radius 2 is 0.908 bits per heavy atom. The molecule has 0 saturated carbocycles. The molecule has 0 radical (unpaired) electrons. The number of nitrogens with zero attached hydrogens (tertiary/aromatic N) is 5. The number of carboxylic acid groups (broad SMARTS) is 1. The molecule has 130 heavy (non-hydrogen) atoms. The molecule has 2 heterocycles. The second-order valence-corrected chi connectivity index (χ2v) is 33.7. The number of nitrogens with one attached hydrogen (secondary N) is 10. The van der Waals surface area contributed by atoms with Crippen LogP contribution in [0, 0.1) is 5.92 Å². The fraction of sp³-hybridized carbons (Fsp3) is 0.419. The number of primary amides is 1. The van der Waals surface area contributed by atoms with Crippen LogP contribution in [-0.2, 0) is 115 Å². The minimum absolute atomic E-state index is 0.0268. The zero-order valence-corrected chi connectivity index (χ0v) is 75.0. The molecule has 0 spiro atoms. The van der Waals surface area contributed by atoms with Gasteiger partial charge in [-0.15, -0.1) is 11.8 Å². The van der Waals surface area contributed by atoms with E-state index in [0.29, 0.717) is 63.5 Å². The second kappa shape index (κ2) is 50.1. The third-order valence-electron chi connectivity index (χ3n) is 22.3. The molecular formula is C93H119N17O19S. The first kappa shape index (κ1) is 102. The smallest absolute Gasteiger partial charge is 0.305 e. The van der Waals surface area contributed by atoms with E-state index < -0.39 is 205 Å². The van der Waals surface area contributed by atoms with Crippen LogP contribution in [-0.4, -0.2) is 279 Å². The number of amides is 15. The first-order valence-corrected chi connectivity index (χ1v) is 44.2. The first-order chi connectivity index (χ1) is 62.0. The van der Waals surface area contributed by atoms with Crippen molar-refractivity contribution in [1.29, 1.82) is 0 Å². The molecule has 1 unspecified atom stereocenters. The van der Waals surface area contributed by atoms with Gasteiger partial charge in [-0.3, -0.25) is 76.7 Å². The number of hydrogen-bond acceptors (Lipinski definition) is 20. The van der Waals surface area contributed by atoms with Gasteiger partial charge < -0.3 is 104 Å². The largest absolute Gasteiger partial charge is 0.508 e. The molecule has 0 bridgehead atoms. The standard InChI is InChI=1S/C93H119N17O19S/c1-9-10-33-74-91(127)107(5)53-79(115)99-70(49-81(117)118)87(123)105-82(56(2)3)93(129)109(7)75(46-58-26-16-12-17-27-58)88(124)103-71(45-61-36-40-64(112)41-37-61)89(125)106(4)52-78(114)98-69(48-62-50-96-66-31-21-20-30-65(62)66)86(122)102-68(43-60-34-38-63(111)39-35-60)85(121)101-67(32-22-23-42-94)84(120)104-73(83(119)97-51-77(95)113)54-130-55-80(116)100-72(44-57-24-14-11-15-25-57)90(126)110(8)76(92(128)108(74)6)47-59-28-18-13-19-29-59/h11-21,24-31,34-41,50,56,67-76,82,96,111-112H,9-10,22-23,32-33,42-49,51-55,94H2,1-8H3,(H2,95,113)(H,97,119)(H,98,114)(H,99,115)(H,100,116)(H,101,121)(H,102,122)(H,103,124)(H,104,120)(H,105,123)(H,117,118)/t67-,68?,69-,70-,71-,72-,73-,74-,75-,76-,82-/m0/s1. The number of fused-ring (bicyclic) bond motifs is 1. The summed E-state index contributed by atoms with van der Waals surface area (Å²) < 4.78 is 0. The molecule has 11 atom stereocenters. The van der Waals surface area contributed by atoms with E-state index in [1.165, 1.54) is 93.6 Å². The highest BCUT2D eigenvalue weighted by atomic mass is 32.2. The lowest BCUT2D eigenvalue weighted by atomic mass is 9.98. The van der Waals surface area contributed by atoms with E-state index in [1.54, 1.807) is 135 Å². The number of phenolic OH excluding ortho intramolecular Hbond substituents is 2. The summed E-state index contributed by atoms with van der Waals surface area (Å²) in [6.07, 6.45) is 0.543. The predicted octanol–water partition coefficient (Wildman–Crippen LogP) is 1.41. The zero-order valence-electron chi connectivity index (χ0n) is 74.2. The number of carbonyl (C=O) groups excluding carboxylic acids is 15. The van der Waals surface area contributed by atoms with Gasteiger partial charge in [0.05, 0.1) is 31.8 Å². The fourth-order valence-electron chi connectivity index (χ4n) is 15.0. The van der Waals surface area contributed by atoms with E-state index in [2.05, 4.69) is 52.8 Å². The molecule has 696 valence electrons. The molecule has 1 aromatic heterocycles. The number of carboxylic acids is 1. The summed E-state index contributed by atoms with van der Waals surface area (Å²) >= 11 is 0.820. The Hall–Kier alpha value is -13.7. The summed E-state index contributed by atoms with van der Waals surface area (Å²) in [6.45, 7) is 2.80. The molecule has 15 amide bonds. The maximum atomic E-state index is 15.5. The van der Waals surface area contributed by atoms with E-state index in [1.807, 2.05) is 6.92 Å². The number of aromatic nitrogens is 1. The summed E-state index contributed by atoms with van der Waals surface area (Å²) in [7, 11) is 6.52. The maximum Gasteiger partial charge on any atom is 0.305 e. The van der Waals surface area contributed by atoms with Crippen molar-refractivity contribution < 1.29 is 92.0 Å². The number of unbranched alkanes of at least 4 members (excludes halogenated alkanes) is 2. The van der Waals surface area contributed by atoms with E-state index in [-0.39, 0.29) is 75.8 Å². The number of para-hydroxylation sites is 1. The molecular weight excluding hydrogens is 1690 g/mol. The summed E-state index contributed by atoms with van der Waals surface area (Å²) in [5.74, 6) is -17.2. The van der Waals surface area contributed by atoms with Crippen LogP contribution in [0.4, 0.5) is 0 Å². The van der Waals surface area contributed by atoms with Gasteiger partial charge in [0.25, 0.3) is 0 Å². The van der Waals surface area contributed by atoms with Crippen molar-refractivity contribution in [1.82, 2.24) is 77.3 Å². The van der Waals surface area contributed by atoms with Gasteiger partial charge in [-0.05, 0) is 102 Å². The minimum atomic E-state index is -1.91. The molecule has 1 aliphatic rings. The number of phenols is 2. The highest BCUT2D eigenvalue weighted by molar-refractivity contribution is 8.00. The summed E-state index contributed by atoms with van der Waals surface area (Å²) in [4.78, 5) is 244. The normalized spacial score (nSPS) is 21.8. The Labute approximate surface area is 758 Å². The number of rotatable bonds is 25. The van der Waals surface area contributed by atoms with E-state index in [4.69, 9.17) is 11.5 Å². The number of benzene rings is 6. The topological polar surface area (TPSA) is 526 Å². The van der Waals surface area contributed by atoms with Crippen molar-refractivity contribution in [2.24, 2.45) is 17.4 Å². The molecule has 36 nitrogen and oxygen atoms in total. The predicted molar refractivity (Wildman–Crippen MR) is 486 cm³/mol. The Bertz CT molecular complexity index is 5070. The first-order valence-electron chi connectivity index (χ1n) is 43.0. The van der Waals surface area contributed by atoms with Crippen LogP contribution < -0.4 is 59.3 Å². The summed E-state index contributed by atoms with van der Waals surface area (Å²) in [5.41, 5.74) is 15.0. The lowest BCUT2D eigenvalue weighted by molar-refractivity contribution is -0.151. The van der Waals surface area contributed by atoms with Crippen LogP contribution in [0.25, 0.3) is 10.9 Å². The van der Waals surface area contributed by atoms with Gasteiger partial charge in [-0.2, -0.15) is 0 Å². The average Bonchev–Trinajstić information content (AvgIpc) is 0.981. The Balaban J connectivity index is 1.21. The van der Waals surface area contributed by atoms with Crippen molar-refractivity contribution in [3.63, 3.8) is 0 Å². The number of H-pyrrole nitrogens is 1. The average molecular weight is 1810 g/mol. The van der Waals surface area contributed by atoms with E-state index in [9.17, 15) is 53.7 Å². The monoisotopic (exact) mass is 1810 g/mol. The van der Waals surface area contributed by atoms with E-state index >= 15 is 38.4 Å². The van der Waals surface area contributed by atoms with Gasteiger partial charge in [-0.1, -0.05) is 167 Å². The quantitative estimate of drug-likeness (QED) is 0.0360. The number of nitrogens with two attached hydrogens (primary N) is 2. The van der Waals surface area contributed by atoms with Gasteiger partial charge in [0.15, 0.2) is 0 Å². The molecule has 1 saturated heterocycles. The lowest BCUT2D eigenvalue weighted by Gasteiger charge is -2.37. The van der Waals surface area contributed by atoms with Gasteiger partial charge in [0, 0.05) is 96.6 Å². The van der Waals surface area contributed by atoms with E-state index in [0.717, 1.165) is 26.5 Å². The number of hydrogen-bond donors (Lipinski definition) is 15. The van der Waals surface area contributed by atoms with Crippen LogP contribution in [0.1, 0.15) is 99.1 Å². The van der Waals surface area contributed by atoms with Crippen molar-refractivity contribution >= 4 is 117 Å². The van der Waals surface area contributed by atoms with Crippen molar-refractivity contribution in [3.8, 4) is 11.5 Å². The SMILES string of the molecule is CCCC[C@H]1C(=O)N(C)CC(=O)N[C@@H](CC(=O)O)C(=O)N[C@@H](C(C)C)C(=O)N(C)[C@@H](Cc2ccccc2)C(=O)N[C@@H](Cc2ccc(O)cc2)C(=O)N(C)CC(=O)N[C@@H](Cc2c[nH]c3ccccc23)C(=O)NC(Cc2ccc(O)cc2)C(=O)N[C@@H](CCCCN)C(=O)N[C@H](C(=O)NCC(N)=O)CSCC(=O)N[C@@H](Cc2ccccc2)C(=O)N(C)[C@@H](Cc2ccccc2)C(=O)N1C. The molecule has 6 aromatic carbocycles. The highest BCUT2D eigenvalue weighted by Crippen LogP contribution is 2.25. The molecule has 1 fully saturated rings. The Morgan fingerprint density at radius 3 is 1.45 bits per heavy atom. The van der Waals surface area contributed by atoms with Gasteiger partial charge in [-0.25, -0.2) is 0 Å². The Morgan fingerprint density at radius 1 is 0.454 bits per heavy atom. The number of likely N-dealkylation sites (N-methyl/N-ethyl adjacent to an activating group) is 5. The maximum absolute atomic E-state index is 15.5. The third kappa shape index (κ3) is 30.8. The number of aliphatic carboxylic acids is 1. The molecule has 8 rings (SSSR count). The van der Waals surface area contributed by atoms with Crippen molar-refractivity contribution in [3.05, 3.63) is 203 Å². The van der Waals surface area contributed by atoms with Crippen LogP contribution >= 0.6 is 11.8 Å². The van der Waals surface area contributed by atoms with Crippen LogP contribution in [0.15, 0.2) is 170 Å². The van der Waals surface area contributed by atoms with Gasteiger partial charge in [0.1, 0.15) is 78.0 Å². The van der Waals surface area contributed by atoms with Gasteiger partial charge in [0.2, 0.25) is 88.6 Å². The van der Waals surface area contributed by atoms with Crippen LogP contribution in [0.5, 0.6) is 11.5 Å². The zero-order chi connectivity index (χ0) is 94.8. The van der Waals surface area contributed by atoms with Gasteiger partial charge >= 0.3 is 5.97 Å². The number of thioether (sulfide) groups is 1. The van der Waals surface area contributed by atoms with Crippen LogP contribution in [0.3, 0.4) is 0 Å². The minimum Gasteiger partial charge on any atom is -0.508 e. The van der Waals surface area contributed by atoms with Crippen LogP contribution in [0.2, 0.25) is 0 Å². The van der Waals surface area contributed by atoms with Crippen molar-refractivity contribution in [2.75, 3.05) is 72.9 Å². The lowest BCUT2D eigenvalue weighted by Crippen LogP contribution is -2.61. The fourth-order valence-corrected chi connectivity index (χ4v) is 15.9. The number of aromatic amines is 1. The highest BCUT2D eigenvalue weighted by Gasteiger charge is 2.42. The molecule has 37 heteroatoms. The molecule has 1 aliphatic heterocycles. The molecule has 17 N–H and O–H groups in total. The Kier molecular flexibility index (Phi) is 39.2. The summed E-state index contributed by atoms with van der Waals surface area (Å²) in [5, 5.41) is 55.6. The van der Waals surface area contributed by atoms with Crippen molar-refractivity contribution in [2.45, 2.75) is 171 Å². The molecule has 0 aliphatic carbocycles.